The lowest BCUT2D eigenvalue weighted by molar-refractivity contribution is -0.121. The molecular formula is C23H24N8O2. The van der Waals surface area contributed by atoms with E-state index in [1.54, 1.807) is 12.4 Å². The van der Waals surface area contributed by atoms with Crippen molar-refractivity contribution in [2.75, 3.05) is 10.6 Å². The summed E-state index contributed by atoms with van der Waals surface area (Å²) in [6, 6.07) is 5.55. The zero-order valence-electron chi connectivity index (χ0n) is 18.0. The van der Waals surface area contributed by atoms with Crippen molar-refractivity contribution < 1.29 is 9.59 Å². The highest BCUT2D eigenvalue weighted by molar-refractivity contribution is 6.03. The highest BCUT2D eigenvalue weighted by Crippen LogP contribution is 2.27. The second-order valence-corrected chi connectivity index (χ2v) is 8.76. The normalized spacial score (nSPS) is 19.6. The van der Waals surface area contributed by atoms with Gasteiger partial charge in [0, 0.05) is 73.6 Å². The first-order valence-corrected chi connectivity index (χ1v) is 11.2. The minimum absolute atomic E-state index is 0.0182. The molecule has 10 nitrogen and oxygen atoms in total. The summed E-state index contributed by atoms with van der Waals surface area (Å²) in [7, 11) is 0. The molecule has 6 rings (SSSR count). The molecule has 0 spiro atoms. The molecular weight excluding hydrogens is 420 g/mol. The highest BCUT2D eigenvalue weighted by atomic mass is 16.2. The predicted octanol–water partition coefficient (Wildman–Crippen LogP) is 2.36. The number of nitrogens with one attached hydrogen (secondary N) is 3. The molecule has 10 heteroatoms. The first-order valence-electron chi connectivity index (χ1n) is 11.2. The number of aromatic nitrogens is 6. The Balaban J connectivity index is 1.16. The van der Waals surface area contributed by atoms with Gasteiger partial charge in [-0.05, 0) is 31.0 Å². The predicted molar refractivity (Wildman–Crippen MR) is 121 cm³/mol. The lowest BCUT2D eigenvalue weighted by Crippen LogP contribution is -2.30. The van der Waals surface area contributed by atoms with Crippen LogP contribution in [0.15, 0.2) is 43.0 Å². The van der Waals surface area contributed by atoms with Crippen molar-refractivity contribution in [1.82, 2.24) is 29.3 Å². The number of nitrogens with zero attached hydrogens (tertiary/aromatic N) is 5. The smallest absolute Gasteiger partial charge is 0.229 e. The van der Waals surface area contributed by atoms with E-state index in [4.69, 9.17) is 0 Å². The molecule has 2 amide bonds. The van der Waals surface area contributed by atoms with Crippen LogP contribution in [0.5, 0.6) is 0 Å². The van der Waals surface area contributed by atoms with Crippen molar-refractivity contribution in [2.45, 2.75) is 38.8 Å². The summed E-state index contributed by atoms with van der Waals surface area (Å²) in [5, 5.41) is 14.0. The van der Waals surface area contributed by atoms with Gasteiger partial charge in [-0.1, -0.05) is 0 Å². The zero-order chi connectivity index (χ0) is 22.4. The SMILES string of the molecule is O=C(Nc1ccc2[nH]nc(NC(=O)C3CCn4ccnc4C3)c2c1)C1CCn2ccnc2C1. The second-order valence-electron chi connectivity index (χ2n) is 8.76. The summed E-state index contributed by atoms with van der Waals surface area (Å²) in [4.78, 5) is 34.5. The molecule has 0 saturated heterocycles. The molecule has 1 aromatic carbocycles. The third-order valence-electron chi connectivity index (χ3n) is 6.71. The molecule has 0 saturated carbocycles. The second kappa shape index (κ2) is 7.88. The summed E-state index contributed by atoms with van der Waals surface area (Å²) in [6.07, 6.45) is 10.2. The van der Waals surface area contributed by atoms with Crippen LogP contribution in [0.2, 0.25) is 0 Å². The molecule has 168 valence electrons. The Bertz CT molecular complexity index is 1350. The Hall–Kier alpha value is -3.95. The van der Waals surface area contributed by atoms with Gasteiger partial charge in [0.2, 0.25) is 11.8 Å². The van der Waals surface area contributed by atoms with Gasteiger partial charge >= 0.3 is 0 Å². The number of aromatic amines is 1. The minimum Gasteiger partial charge on any atom is -0.335 e. The molecule has 4 aromatic rings. The molecule has 5 heterocycles. The molecule has 0 fully saturated rings. The average molecular weight is 444 g/mol. The standard InChI is InChI=1S/C23H24N8O2/c32-22(14-3-7-30-9-5-24-19(30)11-14)26-16-1-2-18-17(13-16)21(29-28-18)27-23(33)15-4-8-31-10-6-25-20(31)12-15/h1-2,5-6,9-10,13-15H,3-4,7-8,11-12H2,(H,26,32)(H2,27,28,29,33). The van der Waals surface area contributed by atoms with Crippen LogP contribution in [-0.2, 0) is 35.5 Å². The minimum atomic E-state index is -0.145. The van der Waals surface area contributed by atoms with Crippen LogP contribution >= 0.6 is 0 Å². The van der Waals surface area contributed by atoms with Crippen LogP contribution in [0.25, 0.3) is 10.9 Å². The number of hydrogen-bond donors (Lipinski definition) is 3. The van der Waals surface area contributed by atoms with Gasteiger partial charge in [0.05, 0.1) is 5.52 Å². The number of anilines is 2. The highest BCUT2D eigenvalue weighted by Gasteiger charge is 2.27. The molecule has 2 aliphatic rings. The van der Waals surface area contributed by atoms with Gasteiger partial charge in [-0.2, -0.15) is 5.10 Å². The lowest BCUT2D eigenvalue weighted by atomic mass is 9.96. The molecule has 0 aliphatic carbocycles. The molecule has 2 unspecified atom stereocenters. The fourth-order valence-corrected chi connectivity index (χ4v) is 4.80. The average Bonchev–Trinajstić information content (AvgIpc) is 3.57. The third kappa shape index (κ3) is 3.67. The van der Waals surface area contributed by atoms with Crippen molar-refractivity contribution in [3.05, 3.63) is 54.6 Å². The number of fused-ring (bicyclic) bond motifs is 3. The first-order chi connectivity index (χ1) is 16.1. The number of benzene rings is 1. The largest absolute Gasteiger partial charge is 0.335 e. The Morgan fingerprint density at radius 3 is 2.21 bits per heavy atom. The third-order valence-corrected chi connectivity index (χ3v) is 6.71. The van der Waals surface area contributed by atoms with E-state index in [2.05, 4.69) is 39.9 Å². The van der Waals surface area contributed by atoms with E-state index in [1.165, 1.54) is 0 Å². The Labute approximate surface area is 189 Å². The van der Waals surface area contributed by atoms with Crippen LogP contribution in [-0.4, -0.2) is 41.1 Å². The molecule has 2 atom stereocenters. The van der Waals surface area contributed by atoms with E-state index in [9.17, 15) is 9.59 Å². The Morgan fingerprint density at radius 1 is 0.909 bits per heavy atom. The number of carbonyl (C=O) groups excluding carboxylic acids is 2. The van der Waals surface area contributed by atoms with Gasteiger partial charge < -0.3 is 19.8 Å². The van der Waals surface area contributed by atoms with Crippen molar-refractivity contribution >= 4 is 34.2 Å². The van der Waals surface area contributed by atoms with Gasteiger partial charge in [0.25, 0.3) is 0 Å². The fourth-order valence-electron chi connectivity index (χ4n) is 4.80. The summed E-state index contributed by atoms with van der Waals surface area (Å²) in [5.41, 5.74) is 1.47. The van der Waals surface area contributed by atoms with Gasteiger partial charge in [-0.15, -0.1) is 0 Å². The van der Waals surface area contributed by atoms with Crippen molar-refractivity contribution in [2.24, 2.45) is 11.8 Å². The van der Waals surface area contributed by atoms with Crippen LogP contribution < -0.4 is 10.6 Å². The summed E-state index contributed by atoms with van der Waals surface area (Å²) in [6.45, 7) is 1.58. The van der Waals surface area contributed by atoms with E-state index < -0.39 is 0 Å². The maximum Gasteiger partial charge on any atom is 0.229 e. The molecule has 3 N–H and O–H groups in total. The number of amides is 2. The lowest BCUT2D eigenvalue weighted by Gasteiger charge is -2.22. The van der Waals surface area contributed by atoms with E-state index in [1.807, 2.05) is 30.6 Å². The van der Waals surface area contributed by atoms with Gasteiger partial charge in [-0.3, -0.25) is 14.7 Å². The zero-order valence-corrected chi connectivity index (χ0v) is 18.0. The topological polar surface area (TPSA) is 123 Å². The summed E-state index contributed by atoms with van der Waals surface area (Å²) < 4.78 is 4.18. The van der Waals surface area contributed by atoms with Crippen molar-refractivity contribution in [3.63, 3.8) is 0 Å². The number of H-pyrrole nitrogens is 1. The van der Waals surface area contributed by atoms with Crippen LogP contribution in [0.1, 0.15) is 24.5 Å². The number of aryl methyl sites for hydroxylation is 2. The maximum atomic E-state index is 12.9. The van der Waals surface area contributed by atoms with E-state index in [0.29, 0.717) is 24.3 Å². The fraction of sp³-hybridized carbons (Fsp3) is 0.348. The Kier molecular flexibility index (Phi) is 4.70. The summed E-state index contributed by atoms with van der Waals surface area (Å²) in [5.74, 6) is 2.01. The van der Waals surface area contributed by atoms with Crippen LogP contribution in [0.3, 0.4) is 0 Å². The van der Waals surface area contributed by atoms with Gasteiger partial charge in [0.1, 0.15) is 11.6 Å². The Morgan fingerprint density at radius 2 is 1.55 bits per heavy atom. The molecule has 0 radical (unpaired) electrons. The molecule has 2 aliphatic heterocycles. The molecule has 3 aromatic heterocycles. The number of carbonyl (C=O) groups is 2. The maximum absolute atomic E-state index is 12.9. The van der Waals surface area contributed by atoms with Gasteiger partial charge in [-0.25, -0.2) is 9.97 Å². The van der Waals surface area contributed by atoms with E-state index in [0.717, 1.165) is 48.5 Å². The van der Waals surface area contributed by atoms with E-state index >= 15 is 0 Å². The van der Waals surface area contributed by atoms with Crippen LogP contribution in [0.4, 0.5) is 11.5 Å². The summed E-state index contributed by atoms with van der Waals surface area (Å²) >= 11 is 0. The van der Waals surface area contributed by atoms with Crippen LogP contribution in [0, 0.1) is 11.8 Å². The first kappa shape index (κ1) is 19.7. The molecule has 0 bridgehead atoms. The molecule has 33 heavy (non-hydrogen) atoms. The monoisotopic (exact) mass is 444 g/mol. The number of hydrogen-bond acceptors (Lipinski definition) is 5. The number of imidazole rings is 2. The quantitative estimate of drug-likeness (QED) is 0.446. The van der Waals surface area contributed by atoms with Crippen molar-refractivity contribution in [3.8, 4) is 0 Å². The van der Waals surface area contributed by atoms with Gasteiger partial charge in [0.15, 0.2) is 5.82 Å². The van der Waals surface area contributed by atoms with Crippen molar-refractivity contribution in [1.29, 1.82) is 0 Å². The van der Waals surface area contributed by atoms with E-state index in [-0.39, 0.29) is 23.7 Å². The number of rotatable bonds is 4.